The molecule has 3 aromatic rings. The summed E-state index contributed by atoms with van der Waals surface area (Å²) in [6.07, 6.45) is 3.06. The number of sulfonamides is 1. The van der Waals surface area contributed by atoms with E-state index in [4.69, 9.17) is 0 Å². The Kier molecular flexibility index (Phi) is 5.27. The van der Waals surface area contributed by atoms with Crippen LogP contribution >= 0.6 is 0 Å². The minimum absolute atomic E-state index is 0.0802. The molecule has 1 saturated heterocycles. The zero-order valence-corrected chi connectivity index (χ0v) is 17.9. The van der Waals surface area contributed by atoms with Crippen molar-refractivity contribution in [3.8, 4) is 0 Å². The molecule has 1 fully saturated rings. The van der Waals surface area contributed by atoms with Gasteiger partial charge in [-0.1, -0.05) is 6.07 Å². The van der Waals surface area contributed by atoms with E-state index >= 15 is 0 Å². The third-order valence-electron chi connectivity index (χ3n) is 5.32. The standard InChI is InChI=1S/C19H22N6O5S/c1-22-12-20-17-16(22)18(27)25(19(28)23(17)2)11-15(26)21-13-6-5-7-14(10-13)31(29,30)24-8-3-4-9-24/h5-7,10,12H,3-4,8-9,11H2,1-2H3,(H,21,26). The molecule has 2 aromatic heterocycles. The molecule has 1 aliphatic rings. The van der Waals surface area contributed by atoms with Crippen LogP contribution in [0.25, 0.3) is 11.2 Å². The van der Waals surface area contributed by atoms with Crippen LogP contribution < -0.4 is 16.6 Å². The molecule has 11 nitrogen and oxygen atoms in total. The number of hydrogen-bond acceptors (Lipinski definition) is 6. The summed E-state index contributed by atoms with van der Waals surface area (Å²) in [6, 6.07) is 5.92. The molecule has 3 heterocycles. The summed E-state index contributed by atoms with van der Waals surface area (Å²) in [5.41, 5.74) is -0.602. The summed E-state index contributed by atoms with van der Waals surface area (Å²) in [5, 5.41) is 2.57. The molecule has 0 radical (unpaired) electrons. The SMILES string of the molecule is Cn1cnc2c1c(=O)n(CC(=O)Nc1cccc(S(=O)(=O)N3CCCC3)c1)c(=O)n2C. The predicted molar refractivity (Wildman–Crippen MR) is 113 cm³/mol. The number of imidazole rings is 1. The Bertz CT molecular complexity index is 1400. The van der Waals surface area contributed by atoms with Crippen molar-refractivity contribution in [1.29, 1.82) is 0 Å². The largest absolute Gasteiger partial charge is 0.332 e. The number of aromatic nitrogens is 4. The third kappa shape index (κ3) is 3.68. The van der Waals surface area contributed by atoms with E-state index < -0.39 is 33.7 Å². The molecule has 164 valence electrons. The molecule has 4 rings (SSSR count). The predicted octanol–water partition coefficient (Wildman–Crippen LogP) is -0.143. The van der Waals surface area contributed by atoms with Crippen molar-refractivity contribution in [3.63, 3.8) is 0 Å². The minimum Gasteiger partial charge on any atom is -0.328 e. The number of carbonyl (C=O) groups is 1. The van der Waals surface area contributed by atoms with Crippen LogP contribution in [0, 0.1) is 0 Å². The fourth-order valence-corrected chi connectivity index (χ4v) is 5.26. The maximum atomic E-state index is 12.7. The molecule has 0 bridgehead atoms. The van der Waals surface area contributed by atoms with Crippen molar-refractivity contribution in [2.24, 2.45) is 14.1 Å². The lowest BCUT2D eigenvalue weighted by molar-refractivity contribution is -0.116. The van der Waals surface area contributed by atoms with Crippen molar-refractivity contribution in [3.05, 3.63) is 51.4 Å². The first-order valence-corrected chi connectivity index (χ1v) is 11.1. The lowest BCUT2D eigenvalue weighted by Crippen LogP contribution is -2.42. The maximum absolute atomic E-state index is 12.7. The summed E-state index contributed by atoms with van der Waals surface area (Å²) >= 11 is 0. The number of nitrogens with one attached hydrogen (secondary N) is 1. The summed E-state index contributed by atoms with van der Waals surface area (Å²) in [4.78, 5) is 42.0. The normalized spacial score (nSPS) is 14.9. The molecule has 1 aromatic carbocycles. The lowest BCUT2D eigenvalue weighted by atomic mass is 10.3. The van der Waals surface area contributed by atoms with Crippen molar-refractivity contribution in [2.75, 3.05) is 18.4 Å². The van der Waals surface area contributed by atoms with Gasteiger partial charge in [-0.15, -0.1) is 0 Å². The van der Waals surface area contributed by atoms with Gasteiger partial charge >= 0.3 is 5.69 Å². The van der Waals surface area contributed by atoms with Gasteiger partial charge in [0.15, 0.2) is 11.2 Å². The van der Waals surface area contributed by atoms with Gasteiger partial charge in [0.25, 0.3) is 5.56 Å². The van der Waals surface area contributed by atoms with Gasteiger partial charge < -0.3 is 9.88 Å². The molecule has 0 atom stereocenters. The molecule has 0 saturated carbocycles. The quantitative estimate of drug-likeness (QED) is 0.581. The van der Waals surface area contributed by atoms with Gasteiger partial charge in [-0.3, -0.25) is 14.2 Å². The second-order valence-corrected chi connectivity index (χ2v) is 9.39. The fourth-order valence-electron chi connectivity index (χ4n) is 3.69. The van der Waals surface area contributed by atoms with E-state index in [1.54, 1.807) is 13.1 Å². The fraction of sp³-hybridized carbons (Fsp3) is 0.368. The maximum Gasteiger partial charge on any atom is 0.332 e. The highest BCUT2D eigenvalue weighted by atomic mass is 32.2. The van der Waals surface area contributed by atoms with Crippen molar-refractivity contribution in [2.45, 2.75) is 24.3 Å². The van der Waals surface area contributed by atoms with Crippen molar-refractivity contribution < 1.29 is 13.2 Å². The van der Waals surface area contributed by atoms with Gasteiger partial charge in [0.2, 0.25) is 15.9 Å². The Morgan fingerprint density at radius 2 is 1.87 bits per heavy atom. The number of hydrogen-bond donors (Lipinski definition) is 1. The van der Waals surface area contributed by atoms with Gasteiger partial charge in [-0.2, -0.15) is 4.31 Å². The Morgan fingerprint density at radius 3 is 2.58 bits per heavy atom. The highest BCUT2D eigenvalue weighted by Crippen LogP contribution is 2.23. The van der Waals surface area contributed by atoms with E-state index in [1.165, 1.54) is 45.0 Å². The van der Waals surface area contributed by atoms with Crippen LogP contribution in [0.1, 0.15) is 12.8 Å². The van der Waals surface area contributed by atoms with E-state index in [2.05, 4.69) is 10.3 Å². The molecular formula is C19H22N6O5S. The number of carbonyl (C=O) groups excluding carboxylic acids is 1. The molecule has 12 heteroatoms. The highest BCUT2D eigenvalue weighted by Gasteiger charge is 2.27. The van der Waals surface area contributed by atoms with Crippen LogP contribution in [0.2, 0.25) is 0 Å². The van der Waals surface area contributed by atoms with Crippen molar-refractivity contribution in [1.82, 2.24) is 23.0 Å². The molecule has 1 N–H and O–H groups in total. The highest BCUT2D eigenvalue weighted by molar-refractivity contribution is 7.89. The first kappa shape index (κ1) is 21.0. The van der Waals surface area contributed by atoms with Crippen LogP contribution in [-0.4, -0.2) is 50.4 Å². The summed E-state index contributed by atoms with van der Waals surface area (Å²) in [6.45, 7) is 0.430. The molecule has 31 heavy (non-hydrogen) atoms. The van der Waals surface area contributed by atoms with Crippen LogP contribution in [0.4, 0.5) is 5.69 Å². The minimum atomic E-state index is -3.63. The Balaban J connectivity index is 1.60. The number of aryl methyl sites for hydroxylation is 2. The molecular weight excluding hydrogens is 424 g/mol. The monoisotopic (exact) mass is 446 g/mol. The smallest absolute Gasteiger partial charge is 0.328 e. The second kappa shape index (κ2) is 7.78. The Labute approximate surface area is 177 Å². The number of amides is 1. The van der Waals surface area contributed by atoms with E-state index in [-0.39, 0.29) is 21.7 Å². The van der Waals surface area contributed by atoms with Crippen LogP contribution in [-0.2, 0) is 35.5 Å². The van der Waals surface area contributed by atoms with Crippen LogP contribution in [0.5, 0.6) is 0 Å². The van der Waals surface area contributed by atoms with Gasteiger partial charge in [0.05, 0.1) is 11.2 Å². The average molecular weight is 446 g/mol. The van der Waals surface area contributed by atoms with Gasteiger partial charge in [0.1, 0.15) is 6.54 Å². The van der Waals surface area contributed by atoms with Crippen LogP contribution in [0.3, 0.4) is 0 Å². The van der Waals surface area contributed by atoms with E-state index in [0.29, 0.717) is 13.1 Å². The zero-order chi connectivity index (χ0) is 22.3. The third-order valence-corrected chi connectivity index (χ3v) is 7.22. The molecule has 1 aliphatic heterocycles. The van der Waals surface area contributed by atoms with E-state index in [0.717, 1.165) is 17.4 Å². The first-order valence-electron chi connectivity index (χ1n) is 9.71. The van der Waals surface area contributed by atoms with E-state index in [9.17, 15) is 22.8 Å². The number of nitrogens with zero attached hydrogens (tertiary/aromatic N) is 5. The van der Waals surface area contributed by atoms with Gasteiger partial charge in [-0.25, -0.2) is 22.8 Å². The number of benzene rings is 1. The molecule has 1 amide bonds. The first-order chi connectivity index (χ1) is 14.7. The molecule has 0 aliphatic carbocycles. The Morgan fingerprint density at radius 1 is 1.16 bits per heavy atom. The Hall–Kier alpha value is -3.25. The number of anilines is 1. The summed E-state index contributed by atoms with van der Waals surface area (Å²) in [7, 11) is -0.540. The number of rotatable bonds is 5. The van der Waals surface area contributed by atoms with Crippen molar-refractivity contribution >= 4 is 32.8 Å². The van der Waals surface area contributed by atoms with Gasteiger partial charge in [-0.05, 0) is 31.0 Å². The van der Waals surface area contributed by atoms with Gasteiger partial charge in [0, 0.05) is 32.9 Å². The van der Waals surface area contributed by atoms with Crippen LogP contribution in [0.15, 0.2) is 45.1 Å². The van der Waals surface area contributed by atoms with E-state index in [1.807, 2.05) is 0 Å². The summed E-state index contributed by atoms with van der Waals surface area (Å²) < 4.78 is 30.4. The molecule has 0 unspecified atom stereocenters. The second-order valence-electron chi connectivity index (χ2n) is 7.45. The zero-order valence-electron chi connectivity index (χ0n) is 17.1. The molecule has 0 spiro atoms. The number of fused-ring (bicyclic) bond motifs is 1. The lowest BCUT2D eigenvalue weighted by Gasteiger charge is -2.16. The topological polar surface area (TPSA) is 128 Å². The average Bonchev–Trinajstić information content (AvgIpc) is 3.40. The summed E-state index contributed by atoms with van der Waals surface area (Å²) in [5.74, 6) is -0.628.